The summed E-state index contributed by atoms with van der Waals surface area (Å²) in [6, 6.07) is 12.5. The summed E-state index contributed by atoms with van der Waals surface area (Å²) in [7, 11) is -1.63. The molecule has 4 atom stereocenters. The number of halogens is 1. The Labute approximate surface area is 131 Å². The van der Waals surface area contributed by atoms with Crippen LogP contribution in [0.1, 0.15) is 32.6 Å². The lowest BCUT2D eigenvalue weighted by molar-refractivity contribution is 0.290. The van der Waals surface area contributed by atoms with Crippen LogP contribution in [0.2, 0.25) is 11.6 Å². The quantitative estimate of drug-likeness (QED) is 0.427. The molecule has 2 heterocycles. The highest BCUT2D eigenvalue weighted by molar-refractivity contribution is 14.1. The van der Waals surface area contributed by atoms with E-state index < -0.39 is 8.32 Å². The van der Waals surface area contributed by atoms with Crippen molar-refractivity contribution in [3.8, 4) is 0 Å². The first-order valence-electron chi connectivity index (χ1n) is 7.61. The van der Waals surface area contributed by atoms with Gasteiger partial charge >= 0.3 is 0 Å². The topological polar surface area (TPSA) is 9.23 Å². The summed E-state index contributed by atoms with van der Waals surface area (Å²) in [5.74, 6) is 0.815. The second-order valence-corrected chi connectivity index (χ2v) is 11.5. The molecule has 0 aromatic heterocycles. The Kier molecular flexibility index (Phi) is 4.34. The number of rotatable bonds is 4. The third-order valence-corrected chi connectivity index (χ3v) is 11.6. The monoisotopic (exact) mass is 386 g/mol. The molecule has 1 aromatic carbocycles. The first-order chi connectivity index (χ1) is 9.28. The van der Waals surface area contributed by atoms with E-state index in [-0.39, 0.29) is 0 Å². The Bertz CT molecular complexity index is 424. The van der Waals surface area contributed by atoms with Crippen molar-refractivity contribution in [1.29, 1.82) is 0 Å². The smallest absolute Gasteiger partial charge is 0.227 e. The van der Waals surface area contributed by atoms with Gasteiger partial charge in [0, 0.05) is 10.5 Å². The van der Waals surface area contributed by atoms with Crippen LogP contribution in [-0.4, -0.2) is 18.8 Å². The van der Waals surface area contributed by atoms with Gasteiger partial charge in [0.1, 0.15) is 0 Å². The van der Waals surface area contributed by atoms with Crippen LogP contribution in [0.15, 0.2) is 30.3 Å². The number of hydrogen-bond donors (Lipinski definition) is 0. The molecule has 19 heavy (non-hydrogen) atoms. The van der Waals surface area contributed by atoms with Gasteiger partial charge in [0.2, 0.25) is 8.32 Å². The summed E-state index contributed by atoms with van der Waals surface area (Å²) in [5.41, 5.74) is 0.878. The largest absolute Gasteiger partial charge is 0.412 e. The lowest BCUT2D eigenvalue weighted by Crippen LogP contribution is -2.48. The maximum absolute atomic E-state index is 6.56. The third-order valence-electron chi connectivity index (χ3n) is 5.00. The highest BCUT2D eigenvalue weighted by Gasteiger charge is 2.57. The minimum absolute atomic E-state index is 0.809. The van der Waals surface area contributed by atoms with E-state index in [0.717, 1.165) is 22.0 Å². The van der Waals surface area contributed by atoms with E-state index in [1.54, 1.807) is 5.19 Å². The maximum Gasteiger partial charge on any atom is 0.227 e. The number of fused-ring (bicyclic) bond motifs is 1. The highest BCUT2D eigenvalue weighted by atomic mass is 127. The first kappa shape index (κ1) is 14.1. The zero-order valence-corrected chi connectivity index (χ0v) is 14.8. The van der Waals surface area contributed by atoms with E-state index in [9.17, 15) is 0 Å². The van der Waals surface area contributed by atoms with Gasteiger partial charge in [-0.25, -0.2) is 0 Å². The van der Waals surface area contributed by atoms with Gasteiger partial charge in [-0.1, -0.05) is 79.1 Å². The van der Waals surface area contributed by atoms with Gasteiger partial charge in [-0.05, 0) is 29.1 Å². The van der Waals surface area contributed by atoms with Gasteiger partial charge in [0.25, 0.3) is 0 Å². The molecule has 0 aliphatic carbocycles. The molecule has 2 saturated heterocycles. The summed E-state index contributed by atoms with van der Waals surface area (Å²) < 4.78 is 7.37. The van der Waals surface area contributed by atoms with Crippen molar-refractivity contribution in [2.75, 3.05) is 6.61 Å². The van der Waals surface area contributed by atoms with Crippen molar-refractivity contribution < 1.29 is 4.43 Å². The summed E-state index contributed by atoms with van der Waals surface area (Å²) in [6.45, 7) is 3.33. The molecule has 0 unspecified atom stereocenters. The average molecular weight is 386 g/mol. The fourth-order valence-corrected chi connectivity index (χ4v) is 11.1. The molecule has 0 N–H and O–H groups in total. The fraction of sp³-hybridized carbons (Fsp3) is 0.625. The van der Waals surface area contributed by atoms with Gasteiger partial charge in [-0.15, -0.1) is 0 Å². The summed E-state index contributed by atoms with van der Waals surface area (Å²) in [5, 5.41) is 1.56. The molecule has 0 bridgehead atoms. The number of hydrogen-bond acceptors (Lipinski definition) is 1. The first-order valence-corrected chi connectivity index (χ1v) is 11.1. The van der Waals surface area contributed by atoms with E-state index in [2.05, 4.69) is 59.8 Å². The van der Waals surface area contributed by atoms with Crippen LogP contribution in [0.4, 0.5) is 0 Å². The van der Waals surface area contributed by atoms with Crippen molar-refractivity contribution >= 4 is 36.1 Å². The minimum atomic E-state index is -1.63. The summed E-state index contributed by atoms with van der Waals surface area (Å²) in [4.78, 5) is 0. The second-order valence-electron chi connectivity index (χ2n) is 6.03. The minimum Gasteiger partial charge on any atom is -0.412 e. The van der Waals surface area contributed by atoms with Gasteiger partial charge in [0.15, 0.2) is 0 Å². The van der Waals surface area contributed by atoms with Gasteiger partial charge in [-0.3, -0.25) is 0 Å². The molecule has 3 rings (SSSR count). The molecule has 0 amide bonds. The molecule has 2 fully saturated rings. The Morgan fingerprint density at radius 1 is 1.37 bits per heavy atom. The second kappa shape index (κ2) is 5.86. The normalized spacial score (nSPS) is 35.3. The molecule has 2 aliphatic heterocycles. The van der Waals surface area contributed by atoms with Gasteiger partial charge in [-0.2, -0.15) is 0 Å². The van der Waals surface area contributed by atoms with Crippen molar-refractivity contribution in [2.24, 2.45) is 5.92 Å². The van der Waals surface area contributed by atoms with Crippen LogP contribution in [0.25, 0.3) is 0 Å². The fourth-order valence-electron chi connectivity index (χ4n) is 4.11. The SMILES string of the molecule is CCC[C@H](I)[C@@H]1CO[Si@]2(c3ccccc3)CCC[C@H]12. The molecule has 104 valence electrons. The lowest BCUT2D eigenvalue weighted by Gasteiger charge is -2.28. The molecule has 1 aromatic rings. The van der Waals surface area contributed by atoms with Crippen molar-refractivity contribution in [1.82, 2.24) is 0 Å². The number of alkyl halides is 1. The Morgan fingerprint density at radius 3 is 2.89 bits per heavy atom. The predicted molar refractivity (Wildman–Crippen MR) is 91.8 cm³/mol. The summed E-state index contributed by atoms with van der Waals surface area (Å²) in [6.07, 6.45) is 5.45. The molecule has 0 saturated carbocycles. The highest BCUT2D eigenvalue weighted by Crippen LogP contribution is 2.52. The Morgan fingerprint density at radius 2 is 2.16 bits per heavy atom. The third kappa shape index (κ3) is 2.42. The molecular formula is C16H23IOSi. The zero-order chi connectivity index (χ0) is 13.3. The lowest BCUT2D eigenvalue weighted by atomic mass is 9.96. The van der Waals surface area contributed by atoms with Gasteiger partial charge < -0.3 is 4.43 Å². The Hall–Kier alpha value is 0.127. The molecule has 3 heteroatoms. The zero-order valence-electron chi connectivity index (χ0n) is 11.6. The standard InChI is InChI=1S/C16H23IOSi/c1-2-7-15(17)14-12-18-19(11-6-10-16(14)19)13-8-4-3-5-9-13/h3-5,8-9,14-16H,2,6-7,10-12H2,1H3/t14-,15-,16+,19-/m0/s1. The van der Waals surface area contributed by atoms with Crippen LogP contribution in [0.5, 0.6) is 0 Å². The van der Waals surface area contributed by atoms with E-state index in [4.69, 9.17) is 4.43 Å². The molecular weight excluding hydrogens is 363 g/mol. The van der Waals surface area contributed by atoms with E-state index in [1.807, 2.05) is 0 Å². The van der Waals surface area contributed by atoms with Gasteiger partial charge in [0.05, 0.1) is 0 Å². The number of benzene rings is 1. The van der Waals surface area contributed by atoms with Crippen LogP contribution in [0.3, 0.4) is 0 Å². The predicted octanol–water partition coefficient (Wildman–Crippen LogP) is 4.25. The molecule has 1 nitrogen and oxygen atoms in total. The van der Waals surface area contributed by atoms with E-state index >= 15 is 0 Å². The van der Waals surface area contributed by atoms with Crippen molar-refractivity contribution in [3.05, 3.63) is 30.3 Å². The molecule has 0 radical (unpaired) electrons. The van der Waals surface area contributed by atoms with E-state index in [0.29, 0.717) is 0 Å². The van der Waals surface area contributed by atoms with Crippen molar-refractivity contribution in [3.63, 3.8) is 0 Å². The molecule has 0 spiro atoms. The van der Waals surface area contributed by atoms with Crippen LogP contribution in [-0.2, 0) is 4.43 Å². The Balaban J connectivity index is 1.87. The van der Waals surface area contributed by atoms with E-state index in [1.165, 1.54) is 31.7 Å². The average Bonchev–Trinajstić information content (AvgIpc) is 2.99. The van der Waals surface area contributed by atoms with Crippen LogP contribution in [0, 0.1) is 5.92 Å². The van der Waals surface area contributed by atoms with Crippen molar-refractivity contribution in [2.45, 2.75) is 48.1 Å². The van der Waals surface area contributed by atoms with Crippen LogP contribution < -0.4 is 5.19 Å². The summed E-state index contributed by atoms with van der Waals surface area (Å²) >= 11 is 2.69. The molecule has 2 aliphatic rings. The maximum atomic E-state index is 6.56. The van der Waals surface area contributed by atoms with Crippen LogP contribution >= 0.6 is 22.6 Å².